The van der Waals surface area contributed by atoms with Gasteiger partial charge in [0.15, 0.2) is 0 Å². The molecule has 6 heteroatoms. The summed E-state index contributed by atoms with van der Waals surface area (Å²) < 4.78 is 30.4. The third-order valence-electron chi connectivity index (χ3n) is 4.51. The highest BCUT2D eigenvalue weighted by atomic mass is 35.5. The molecule has 0 aromatic rings. The van der Waals surface area contributed by atoms with Gasteiger partial charge in [-0.05, 0) is 43.4 Å². The minimum atomic E-state index is -3.05. The highest BCUT2D eigenvalue weighted by molar-refractivity contribution is 7.88. The molecule has 0 aromatic carbocycles. The summed E-state index contributed by atoms with van der Waals surface area (Å²) in [5.41, 5.74) is 0.158. The Morgan fingerprint density at radius 2 is 2.05 bits per heavy atom. The number of alkyl halides is 1. The molecule has 2 aliphatic heterocycles. The number of hydrogen-bond acceptors (Lipinski definition) is 3. The van der Waals surface area contributed by atoms with Gasteiger partial charge in [-0.25, -0.2) is 12.7 Å². The molecule has 2 heterocycles. The van der Waals surface area contributed by atoms with Gasteiger partial charge >= 0.3 is 0 Å². The van der Waals surface area contributed by atoms with E-state index >= 15 is 0 Å². The fourth-order valence-electron chi connectivity index (χ4n) is 3.30. The molecule has 2 rings (SSSR count). The molecular weight excluding hydrogens is 286 g/mol. The van der Waals surface area contributed by atoms with E-state index in [1.165, 1.54) is 6.26 Å². The van der Waals surface area contributed by atoms with Crippen molar-refractivity contribution in [2.24, 2.45) is 11.3 Å². The third-order valence-corrected chi connectivity index (χ3v) is 6.35. The normalized spacial score (nSPS) is 29.3. The summed E-state index contributed by atoms with van der Waals surface area (Å²) in [6, 6.07) is 0. The standard InChI is InChI=1S/C13H24ClNO3S/c1-19(16,17)15-6-2-3-12(10-15)9-13(11-14)4-7-18-8-5-13/h12H,2-11H2,1H3. The lowest BCUT2D eigenvalue weighted by atomic mass is 9.73. The first-order valence-corrected chi connectivity index (χ1v) is 9.42. The van der Waals surface area contributed by atoms with Gasteiger partial charge in [0.25, 0.3) is 0 Å². The van der Waals surface area contributed by atoms with Crippen molar-refractivity contribution in [1.29, 1.82) is 0 Å². The van der Waals surface area contributed by atoms with Crippen molar-refractivity contribution in [2.45, 2.75) is 32.1 Å². The lowest BCUT2D eigenvalue weighted by Crippen LogP contribution is -2.42. The first-order chi connectivity index (χ1) is 8.95. The summed E-state index contributed by atoms with van der Waals surface area (Å²) in [5.74, 6) is 1.10. The van der Waals surface area contributed by atoms with E-state index in [1.807, 2.05) is 0 Å². The van der Waals surface area contributed by atoms with E-state index in [4.69, 9.17) is 16.3 Å². The van der Waals surface area contributed by atoms with Crippen LogP contribution >= 0.6 is 11.6 Å². The van der Waals surface area contributed by atoms with E-state index in [0.29, 0.717) is 24.9 Å². The van der Waals surface area contributed by atoms with Gasteiger partial charge in [0.1, 0.15) is 0 Å². The first-order valence-electron chi connectivity index (χ1n) is 7.04. The molecule has 2 fully saturated rings. The van der Waals surface area contributed by atoms with Gasteiger partial charge < -0.3 is 4.74 Å². The van der Waals surface area contributed by atoms with Gasteiger partial charge in [0.05, 0.1) is 6.26 Å². The zero-order valence-corrected chi connectivity index (χ0v) is 13.2. The Hall–Kier alpha value is 0.160. The lowest BCUT2D eigenvalue weighted by Gasteiger charge is -2.41. The number of sulfonamides is 1. The number of hydrogen-bond donors (Lipinski definition) is 0. The Balaban J connectivity index is 1.97. The molecule has 19 heavy (non-hydrogen) atoms. The quantitative estimate of drug-likeness (QED) is 0.747. The maximum Gasteiger partial charge on any atom is 0.211 e. The van der Waals surface area contributed by atoms with Crippen LogP contribution in [-0.2, 0) is 14.8 Å². The summed E-state index contributed by atoms with van der Waals surface area (Å²) in [7, 11) is -3.05. The Labute approximate surface area is 121 Å². The van der Waals surface area contributed by atoms with Crippen LogP contribution in [0.3, 0.4) is 0 Å². The molecule has 0 aliphatic carbocycles. The Bertz CT molecular complexity index is 393. The monoisotopic (exact) mass is 309 g/mol. The van der Waals surface area contributed by atoms with Crippen molar-refractivity contribution < 1.29 is 13.2 Å². The average Bonchev–Trinajstić information content (AvgIpc) is 2.39. The molecule has 112 valence electrons. The summed E-state index contributed by atoms with van der Waals surface area (Å²) in [4.78, 5) is 0. The molecule has 0 radical (unpaired) electrons. The van der Waals surface area contributed by atoms with Crippen LogP contribution in [-0.4, -0.2) is 51.2 Å². The van der Waals surface area contributed by atoms with Gasteiger partial charge in [0.2, 0.25) is 10.0 Å². The highest BCUT2D eigenvalue weighted by Gasteiger charge is 2.36. The van der Waals surface area contributed by atoms with Crippen LogP contribution in [0, 0.1) is 11.3 Å². The molecular formula is C13H24ClNO3S. The van der Waals surface area contributed by atoms with Crippen molar-refractivity contribution >= 4 is 21.6 Å². The summed E-state index contributed by atoms with van der Waals surface area (Å²) in [6.07, 6.45) is 6.43. The Kier molecular flexibility index (Phi) is 5.15. The maximum atomic E-state index is 11.7. The summed E-state index contributed by atoms with van der Waals surface area (Å²) >= 11 is 6.20. The van der Waals surface area contributed by atoms with Crippen LogP contribution in [0.2, 0.25) is 0 Å². The fraction of sp³-hybridized carbons (Fsp3) is 1.00. The average molecular weight is 310 g/mol. The van der Waals surface area contributed by atoms with Crippen LogP contribution in [0.15, 0.2) is 0 Å². The molecule has 0 N–H and O–H groups in total. The number of nitrogens with zero attached hydrogens (tertiary/aromatic N) is 1. The molecule has 0 saturated carbocycles. The van der Waals surface area contributed by atoms with E-state index in [9.17, 15) is 8.42 Å². The third kappa shape index (κ3) is 4.06. The minimum Gasteiger partial charge on any atom is -0.381 e. The van der Waals surface area contributed by atoms with E-state index in [1.54, 1.807) is 4.31 Å². The summed E-state index contributed by atoms with van der Waals surface area (Å²) in [6.45, 7) is 2.91. The topological polar surface area (TPSA) is 46.6 Å². The molecule has 0 amide bonds. The van der Waals surface area contributed by atoms with Gasteiger partial charge in [-0.2, -0.15) is 0 Å². The zero-order chi connectivity index (χ0) is 13.9. The second-order valence-corrected chi connectivity index (χ2v) is 8.33. The van der Waals surface area contributed by atoms with E-state index in [2.05, 4.69) is 0 Å². The minimum absolute atomic E-state index is 0.158. The zero-order valence-electron chi connectivity index (χ0n) is 11.6. The molecule has 2 saturated heterocycles. The van der Waals surface area contributed by atoms with Crippen LogP contribution in [0.1, 0.15) is 32.1 Å². The van der Waals surface area contributed by atoms with Crippen LogP contribution in [0.5, 0.6) is 0 Å². The molecule has 2 aliphatic rings. The predicted molar refractivity (Wildman–Crippen MR) is 77.0 cm³/mol. The molecule has 4 nitrogen and oxygen atoms in total. The largest absolute Gasteiger partial charge is 0.381 e. The number of halogens is 1. The van der Waals surface area contributed by atoms with Gasteiger partial charge in [-0.1, -0.05) is 0 Å². The Morgan fingerprint density at radius 1 is 1.37 bits per heavy atom. The van der Waals surface area contributed by atoms with Gasteiger partial charge in [-0.15, -0.1) is 11.6 Å². The van der Waals surface area contributed by atoms with E-state index < -0.39 is 10.0 Å². The van der Waals surface area contributed by atoms with Crippen LogP contribution in [0.25, 0.3) is 0 Å². The van der Waals surface area contributed by atoms with Crippen LogP contribution in [0.4, 0.5) is 0 Å². The second-order valence-electron chi connectivity index (χ2n) is 6.08. The smallest absolute Gasteiger partial charge is 0.211 e. The lowest BCUT2D eigenvalue weighted by molar-refractivity contribution is 0.00945. The molecule has 1 unspecified atom stereocenters. The van der Waals surface area contributed by atoms with Gasteiger partial charge in [-0.3, -0.25) is 0 Å². The maximum absolute atomic E-state index is 11.7. The second kappa shape index (κ2) is 6.29. The summed E-state index contributed by atoms with van der Waals surface area (Å²) in [5, 5.41) is 0. The van der Waals surface area contributed by atoms with Gasteiger partial charge in [0, 0.05) is 32.2 Å². The molecule has 1 atom stereocenters. The molecule has 0 aromatic heterocycles. The molecule has 0 spiro atoms. The highest BCUT2D eigenvalue weighted by Crippen LogP contribution is 2.40. The predicted octanol–water partition coefficient (Wildman–Crippen LogP) is 2.08. The number of rotatable bonds is 4. The van der Waals surface area contributed by atoms with E-state index in [0.717, 1.165) is 45.3 Å². The van der Waals surface area contributed by atoms with Crippen molar-refractivity contribution in [3.8, 4) is 0 Å². The van der Waals surface area contributed by atoms with Crippen molar-refractivity contribution in [1.82, 2.24) is 4.31 Å². The molecule has 0 bridgehead atoms. The number of ether oxygens (including phenoxy) is 1. The van der Waals surface area contributed by atoms with Crippen molar-refractivity contribution in [3.63, 3.8) is 0 Å². The van der Waals surface area contributed by atoms with E-state index in [-0.39, 0.29) is 5.41 Å². The van der Waals surface area contributed by atoms with Crippen molar-refractivity contribution in [3.05, 3.63) is 0 Å². The number of piperidine rings is 1. The fourth-order valence-corrected chi connectivity index (χ4v) is 4.62. The Morgan fingerprint density at radius 3 is 2.63 bits per heavy atom. The first kappa shape index (κ1) is 15.5. The van der Waals surface area contributed by atoms with Crippen LogP contribution < -0.4 is 0 Å². The SMILES string of the molecule is CS(=O)(=O)N1CCCC(CC2(CCl)CCOCC2)C1. The van der Waals surface area contributed by atoms with Crippen molar-refractivity contribution in [2.75, 3.05) is 38.4 Å².